The maximum absolute atomic E-state index is 13.2. The van der Waals surface area contributed by atoms with Crippen LogP contribution in [-0.2, 0) is 4.79 Å². The first kappa shape index (κ1) is 18.6. The Bertz CT molecular complexity index is 605. The molecule has 8 heteroatoms. The molecule has 0 spiro atoms. The molecule has 0 radical (unpaired) electrons. The zero-order chi connectivity index (χ0) is 18.6. The summed E-state index contributed by atoms with van der Waals surface area (Å²) < 4.78 is 26.3. The van der Waals surface area contributed by atoms with E-state index in [4.69, 9.17) is 0 Å². The SMILES string of the molecule is O=C(Nc1ccc(NC(=O)N2CCCCCC2)cc1)C1CC(F)(F)CN1. The number of halogens is 2. The van der Waals surface area contributed by atoms with Crippen LogP contribution < -0.4 is 16.0 Å². The number of amides is 3. The third-order valence-corrected chi connectivity index (χ3v) is 4.72. The monoisotopic (exact) mass is 366 g/mol. The number of carbonyl (C=O) groups is 2. The van der Waals surface area contributed by atoms with Crippen LogP contribution in [0.4, 0.5) is 25.0 Å². The molecular weight excluding hydrogens is 342 g/mol. The highest BCUT2D eigenvalue weighted by Crippen LogP contribution is 2.26. The van der Waals surface area contributed by atoms with Crippen molar-refractivity contribution in [1.82, 2.24) is 10.2 Å². The zero-order valence-corrected chi connectivity index (χ0v) is 14.6. The van der Waals surface area contributed by atoms with E-state index in [9.17, 15) is 18.4 Å². The second kappa shape index (κ2) is 7.99. The summed E-state index contributed by atoms with van der Waals surface area (Å²) in [6.07, 6.45) is 3.85. The minimum absolute atomic E-state index is 0.124. The molecule has 0 bridgehead atoms. The van der Waals surface area contributed by atoms with Crippen molar-refractivity contribution < 1.29 is 18.4 Å². The lowest BCUT2D eigenvalue weighted by atomic mass is 10.2. The molecule has 0 aromatic heterocycles. The number of carbonyl (C=O) groups excluding carboxylic acids is 2. The molecule has 142 valence electrons. The number of hydrogen-bond acceptors (Lipinski definition) is 3. The highest BCUT2D eigenvalue weighted by molar-refractivity contribution is 5.95. The van der Waals surface area contributed by atoms with Gasteiger partial charge in [-0.05, 0) is 37.1 Å². The molecule has 2 fully saturated rings. The van der Waals surface area contributed by atoms with Gasteiger partial charge in [0.05, 0.1) is 12.6 Å². The Morgan fingerprint density at radius 1 is 1.00 bits per heavy atom. The topological polar surface area (TPSA) is 73.5 Å². The summed E-state index contributed by atoms with van der Waals surface area (Å²) in [4.78, 5) is 26.1. The molecule has 3 N–H and O–H groups in total. The molecule has 3 amide bonds. The average molecular weight is 366 g/mol. The summed E-state index contributed by atoms with van der Waals surface area (Å²) in [5.74, 6) is -3.33. The Kier molecular flexibility index (Phi) is 5.70. The van der Waals surface area contributed by atoms with E-state index in [-0.39, 0.29) is 6.03 Å². The maximum Gasteiger partial charge on any atom is 0.321 e. The van der Waals surface area contributed by atoms with Crippen LogP contribution in [0.15, 0.2) is 24.3 Å². The largest absolute Gasteiger partial charge is 0.325 e. The van der Waals surface area contributed by atoms with Gasteiger partial charge in [0.1, 0.15) is 0 Å². The van der Waals surface area contributed by atoms with Gasteiger partial charge in [-0.2, -0.15) is 0 Å². The van der Waals surface area contributed by atoms with Crippen molar-refractivity contribution in [3.63, 3.8) is 0 Å². The van der Waals surface area contributed by atoms with Gasteiger partial charge in [0.25, 0.3) is 5.92 Å². The highest BCUT2D eigenvalue weighted by atomic mass is 19.3. The number of rotatable bonds is 3. The molecule has 0 aliphatic carbocycles. The van der Waals surface area contributed by atoms with Gasteiger partial charge < -0.3 is 15.5 Å². The number of likely N-dealkylation sites (tertiary alicyclic amines) is 1. The van der Waals surface area contributed by atoms with Crippen LogP contribution in [0.2, 0.25) is 0 Å². The molecule has 3 rings (SSSR count). The highest BCUT2D eigenvalue weighted by Gasteiger charge is 2.42. The molecule has 1 unspecified atom stereocenters. The minimum atomic E-state index is -2.84. The lowest BCUT2D eigenvalue weighted by molar-refractivity contribution is -0.118. The summed E-state index contributed by atoms with van der Waals surface area (Å²) in [5.41, 5.74) is 1.13. The van der Waals surface area contributed by atoms with Crippen LogP contribution in [0, 0.1) is 0 Å². The number of hydrogen-bond donors (Lipinski definition) is 3. The van der Waals surface area contributed by atoms with Crippen molar-refractivity contribution in [2.24, 2.45) is 0 Å². The van der Waals surface area contributed by atoms with Crippen molar-refractivity contribution in [3.05, 3.63) is 24.3 Å². The van der Waals surface area contributed by atoms with Crippen molar-refractivity contribution in [2.45, 2.75) is 44.1 Å². The van der Waals surface area contributed by atoms with Crippen molar-refractivity contribution >= 4 is 23.3 Å². The molecule has 1 aromatic carbocycles. The molecule has 6 nitrogen and oxygen atoms in total. The summed E-state index contributed by atoms with van der Waals surface area (Å²) in [6.45, 7) is 1.05. The molecule has 2 heterocycles. The summed E-state index contributed by atoms with van der Waals surface area (Å²) >= 11 is 0. The van der Waals surface area contributed by atoms with Gasteiger partial charge in [0.15, 0.2) is 0 Å². The van der Waals surface area contributed by atoms with Gasteiger partial charge in [-0.25, -0.2) is 13.6 Å². The Labute approximate surface area is 151 Å². The maximum atomic E-state index is 13.2. The number of anilines is 2. The molecule has 0 saturated carbocycles. The number of nitrogens with zero attached hydrogens (tertiary/aromatic N) is 1. The van der Waals surface area contributed by atoms with Crippen LogP contribution >= 0.6 is 0 Å². The molecule has 1 atom stereocenters. The smallest absolute Gasteiger partial charge is 0.321 e. The van der Waals surface area contributed by atoms with E-state index in [1.54, 1.807) is 24.3 Å². The van der Waals surface area contributed by atoms with Crippen LogP contribution in [0.3, 0.4) is 0 Å². The minimum Gasteiger partial charge on any atom is -0.325 e. The zero-order valence-electron chi connectivity index (χ0n) is 14.6. The van der Waals surface area contributed by atoms with Crippen LogP contribution in [-0.4, -0.2) is 48.4 Å². The second-order valence-corrected chi connectivity index (χ2v) is 6.89. The van der Waals surface area contributed by atoms with Crippen LogP contribution in [0.5, 0.6) is 0 Å². The van der Waals surface area contributed by atoms with E-state index < -0.39 is 30.8 Å². The second-order valence-electron chi connectivity index (χ2n) is 6.89. The quantitative estimate of drug-likeness (QED) is 0.770. The first-order valence-corrected chi connectivity index (χ1v) is 9.01. The Hall–Kier alpha value is -2.22. The van der Waals surface area contributed by atoms with E-state index in [2.05, 4.69) is 16.0 Å². The fourth-order valence-electron chi connectivity index (χ4n) is 3.24. The normalized spacial score (nSPS) is 22.5. The molecule has 2 saturated heterocycles. The molecule has 2 aliphatic heterocycles. The number of urea groups is 1. The predicted molar refractivity (Wildman–Crippen MR) is 95.5 cm³/mol. The number of alkyl halides is 2. The van der Waals surface area contributed by atoms with Gasteiger partial charge in [0.2, 0.25) is 5.91 Å². The van der Waals surface area contributed by atoms with E-state index >= 15 is 0 Å². The van der Waals surface area contributed by atoms with E-state index in [0.717, 1.165) is 38.8 Å². The predicted octanol–water partition coefficient (Wildman–Crippen LogP) is 3.03. The molecular formula is C18H24F2N4O2. The van der Waals surface area contributed by atoms with Crippen LogP contribution in [0.25, 0.3) is 0 Å². The van der Waals surface area contributed by atoms with E-state index in [1.807, 2.05) is 4.90 Å². The van der Waals surface area contributed by atoms with Gasteiger partial charge >= 0.3 is 6.03 Å². The van der Waals surface area contributed by atoms with Gasteiger partial charge in [0, 0.05) is 30.9 Å². The molecule has 26 heavy (non-hydrogen) atoms. The number of nitrogens with one attached hydrogen (secondary N) is 3. The standard InChI is InChI=1S/C18H24F2N4O2/c19-18(20)11-15(21-12-18)16(25)22-13-5-7-14(8-6-13)23-17(26)24-9-3-1-2-4-10-24/h5-8,15,21H,1-4,9-12H2,(H,22,25)(H,23,26). The fourth-order valence-corrected chi connectivity index (χ4v) is 3.24. The first-order chi connectivity index (χ1) is 12.4. The molecule has 2 aliphatic rings. The first-order valence-electron chi connectivity index (χ1n) is 9.01. The van der Waals surface area contributed by atoms with Crippen molar-refractivity contribution in [3.8, 4) is 0 Å². The Balaban J connectivity index is 1.51. The summed E-state index contributed by atoms with van der Waals surface area (Å²) in [5, 5.41) is 7.99. The average Bonchev–Trinajstić information content (AvgIpc) is 2.82. The fraction of sp³-hybridized carbons (Fsp3) is 0.556. The Morgan fingerprint density at radius 3 is 2.12 bits per heavy atom. The van der Waals surface area contributed by atoms with Gasteiger partial charge in [-0.3, -0.25) is 10.1 Å². The lowest BCUT2D eigenvalue weighted by Gasteiger charge is -2.20. The third-order valence-electron chi connectivity index (χ3n) is 4.72. The van der Waals surface area contributed by atoms with E-state index in [0.29, 0.717) is 11.4 Å². The van der Waals surface area contributed by atoms with Crippen LogP contribution in [0.1, 0.15) is 32.1 Å². The Morgan fingerprint density at radius 2 is 1.58 bits per heavy atom. The van der Waals surface area contributed by atoms with Gasteiger partial charge in [-0.1, -0.05) is 12.8 Å². The molecule has 1 aromatic rings. The van der Waals surface area contributed by atoms with Crippen molar-refractivity contribution in [2.75, 3.05) is 30.3 Å². The van der Waals surface area contributed by atoms with Gasteiger partial charge in [-0.15, -0.1) is 0 Å². The lowest BCUT2D eigenvalue weighted by Crippen LogP contribution is -2.35. The summed E-state index contributed by atoms with van der Waals surface area (Å²) in [7, 11) is 0. The summed E-state index contributed by atoms with van der Waals surface area (Å²) in [6, 6.07) is 5.63. The van der Waals surface area contributed by atoms with Crippen molar-refractivity contribution in [1.29, 1.82) is 0 Å². The number of benzene rings is 1. The third kappa shape index (κ3) is 4.91. The van der Waals surface area contributed by atoms with E-state index in [1.165, 1.54) is 0 Å².